The van der Waals surface area contributed by atoms with Crippen LogP contribution in [0, 0.1) is 0 Å². The number of hydrogen-bond acceptors (Lipinski definition) is 3. The molecule has 0 atom stereocenters. The Bertz CT molecular complexity index is 770. The second kappa shape index (κ2) is 4.49. The van der Waals surface area contributed by atoms with Gasteiger partial charge in [0.2, 0.25) is 0 Å². The Labute approximate surface area is 119 Å². The summed E-state index contributed by atoms with van der Waals surface area (Å²) in [4.78, 5) is 3.25. The molecule has 3 aromatic rings. The van der Waals surface area contributed by atoms with E-state index in [4.69, 9.17) is 5.26 Å². The van der Waals surface area contributed by atoms with E-state index in [0.29, 0.717) is 0 Å². The maximum Gasteiger partial charge on any atom is 0.407 e. The van der Waals surface area contributed by atoms with Crippen LogP contribution in [-0.4, -0.2) is 5.26 Å². The number of thiophene rings is 1. The van der Waals surface area contributed by atoms with Crippen LogP contribution in [-0.2, 0) is 11.0 Å². The molecular formula is C13H7BrF2O2S. The molecule has 2 aromatic carbocycles. The van der Waals surface area contributed by atoms with Gasteiger partial charge in [-0.3, -0.25) is 0 Å². The predicted octanol–water partition coefficient (Wildman–Crippen LogP) is 5.36. The largest absolute Gasteiger partial charge is 0.407 e. The summed E-state index contributed by atoms with van der Waals surface area (Å²) in [7, 11) is 0. The Morgan fingerprint density at radius 1 is 1.05 bits per heavy atom. The first-order valence-corrected chi connectivity index (χ1v) is 6.95. The number of alkyl halides is 2. The quantitative estimate of drug-likeness (QED) is 0.501. The second-order valence-electron chi connectivity index (χ2n) is 4.06. The molecule has 0 aliphatic carbocycles. The van der Waals surface area contributed by atoms with Gasteiger partial charge in [0.25, 0.3) is 0 Å². The van der Waals surface area contributed by atoms with Gasteiger partial charge >= 0.3 is 6.11 Å². The van der Waals surface area contributed by atoms with Crippen LogP contribution in [0.2, 0.25) is 0 Å². The zero-order valence-corrected chi connectivity index (χ0v) is 11.8. The van der Waals surface area contributed by atoms with Gasteiger partial charge in [-0.05, 0) is 36.4 Å². The fourth-order valence-corrected chi connectivity index (χ4v) is 3.41. The summed E-state index contributed by atoms with van der Waals surface area (Å²) in [6, 6.07) is 9.93. The van der Waals surface area contributed by atoms with Crippen molar-refractivity contribution in [1.29, 1.82) is 0 Å². The number of hydrogen-bond donors (Lipinski definition) is 1. The third-order valence-electron chi connectivity index (χ3n) is 2.88. The summed E-state index contributed by atoms with van der Waals surface area (Å²) in [6.07, 6.45) is -3.70. The van der Waals surface area contributed by atoms with Gasteiger partial charge in [0.05, 0.1) is 5.56 Å². The molecule has 19 heavy (non-hydrogen) atoms. The topological polar surface area (TPSA) is 29.5 Å². The highest BCUT2D eigenvalue weighted by atomic mass is 79.9. The Kier molecular flexibility index (Phi) is 3.05. The molecule has 2 nitrogen and oxygen atoms in total. The van der Waals surface area contributed by atoms with E-state index in [2.05, 4.69) is 20.8 Å². The highest BCUT2D eigenvalue weighted by Crippen LogP contribution is 2.38. The van der Waals surface area contributed by atoms with E-state index in [-0.39, 0.29) is 5.56 Å². The number of halogens is 3. The normalized spacial score (nSPS) is 12.4. The molecule has 0 aliphatic rings. The van der Waals surface area contributed by atoms with Crippen molar-refractivity contribution in [2.45, 2.75) is 6.11 Å². The Morgan fingerprint density at radius 2 is 1.68 bits per heavy atom. The average Bonchev–Trinajstić information content (AvgIpc) is 2.76. The number of rotatable bonds is 2. The van der Waals surface area contributed by atoms with Crippen molar-refractivity contribution in [3.8, 4) is 0 Å². The van der Waals surface area contributed by atoms with Gasteiger partial charge < -0.3 is 0 Å². The van der Waals surface area contributed by atoms with Crippen LogP contribution in [0.15, 0.2) is 40.9 Å². The van der Waals surface area contributed by atoms with Gasteiger partial charge in [0, 0.05) is 24.6 Å². The van der Waals surface area contributed by atoms with Crippen molar-refractivity contribution in [2.75, 3.05) is 0 Å². The summed E-state index contributed by atoms with van der Waals surface area (Å²) in [6.45, 7) is 0. The first kappa shape index (κ1) is 12.9. The first-order chi connectivity index (χ1) is 9.01. The minimum atomic E-state index is -3.70. The van der Waals surface area contributed by atoms with Crippen LogP contribution in [0.25, 0.3) is 20.2 Å². The molecule has 1 aromatic heterocycles. The molecule has 3 rings (SSSR count). The molecule has 0 unspecified atom stereocenters. The van der Waals surface area contributed by atoms with Crippen molar-refractivity contribution >= 4 is 47.4 Å². The van der Waals surface area contributed by atoms with Crippen LogP contribution >= 0.6 is 27.3 Å². The minimum Gasteiger partial charge on any atom is -0.246 e. The van der Waals surface area contributed by atoms with Gasteiger partial charge in [0.1, 0.15) is 0 Å². The molecule has 1 heterocycles. The molecule has 0 spiro atoms. The second-order valence-corrected chi connectivity index (χ2v) is 6.06. The summed E-state index contributed by atoms with van der Waals surface area (Å²) in [5, 5.41) is 9.88. The summed E-state index contributed by atoms with van der Waals surface area (Å²) in [5.41, 5.74) is -0.373. The first-order valence-electron chi connectivity index (χ1n) is 5.34. The van der Waals surface area contributed by atoms with Crippen molar-refractivity contribution in [2.24, 2.45) is 0 Å². The molecule has 0 amide bonds. The molecule has 0 aliphatic heterocycles. The molecular weight excluding hydrogens is 338 g/mol. The molecule has 6 heteroatoms. The summed E-state index contributed by atoms with van der Waals surface area (Å²) < 4.78 is 29.5. The van der Waals surface area contributed by atoms with Crippen molar-refractivity contribution < 1.29 is 18.9 Å². The zero-order chi connectivity index (χ0) is 13.6. The lowest BCUT2D eigenvalue weighted by molar-refractivity contribution is -0.423. The molecule has 0 saturated heterocycles. The van der Waals surface area contributed by atoms with Crippen molar-refractivity contribution in [3.63, 3.8) is 0 Å². The molecule has 0 bridgehead atoms. The highest BCUT2D eigenvalue weighted by Gasteiger charge is 2.33. The fourth-order valence-electron chi connectivity index (χ4n) is 1.98. The van der Waals surface area contributed by atoms with E-state index < -0.39 is 6.11 Å². The standard InChI is InChI=1S/C13H7BrF2O2S/c14-8-2-4-12-10(6-8)9-5-7(13(15,16)18-17)1-3-11(9)19-12/h1-6,17H. The van der Waals surface area contributed by atoms with Crippen LogP contribution in [0.5, 0.6) is 0 Å². The summed E-state index contributed by atoms with van der Waals surface area (Å²) >= 11 is 4.89. The molecule has 0 radical (unpaired) electrons. The van der Waals surface area contributed by atoms with Crippen LogP contribution < -0.4 is 0 Å². The van der Waals surface area contributed by atoms with E-state index in [0.717, 1.165) is 24.6 Å². The lowest BCUT2D eigenvalue weighted by Gasteiger charge is -2.11. The SMILES string of the molecule is OOC(F)(F)c1ccc2sc3ccc(Br)cc3c2c1. The third kappa shape index (κ3) is 2.14. The van der Waals surface area contributed by atoms with Gasteiger partial charge in [0.15, 0.2) is 0 Å². The summed E-state index contributed by atoms with van der Waals surface area (Å²) in [5.74, 6) is 0. The Morgan fingerprint density at radius 3 is 2.37 bits per heavy atom. The Hall–Kier alpha value is -1.08. The van der Waals surface area contributed by atoms with Gasteiger partial charge in [-0.15, -0.1) is 11.3 Å². The monoisotopic (exact) mass is 344 g/mol. The van der Waals surface area contributed by atoms with E-state index in [1.54, 1.807) is 6.07 Å². The third-order valence-corrected chi connectivity index (χ3v) is 4.53. The molecule has 0 saturated carbocycles. The van der Waals surface area contributed by atoms with E-state index in [1.807, 2.05) is 18.2 Å². The molecule has 0 fully saturated rings. The van der Waals surface area contributed by atoms with E-state index >= 15 is 0 Å². The average molecular weight is 345 g/mol. The van der Waals surface area contributed by atoms with E-state index in [1.165, 1.54) is 23.5 Å². The van der Waals surface area contributed by atoms with Gasteiger partial charge in [-0.2, -0.15) is 13.7 Å². The number of benzene rings is 2. The molecule has 98 valence electrons. The fraction of sp³-hybridized carbons (Fsp3) is 0.0769. The highest BCUT2D eigenvalue weighted by molar-refractivity contribution is 9.10. The smallest absolute Gasteiger partial charge is 0.246 e. The van der Waals surface area contributed by atoms with Crippen LogP contribution in [0.3, 0.4) is 0 Å². The predicted molar refractivity (Wildman–Crippen MR) is 74.6 cm³/mol. The lowest BCUT2D eigenvalue weighted by atomic mass is 10.1. The molecule has 1 N–H and O–H groups in total. The Balaban J connectivity index is 2.32. The van der Waals surface area contributed by atoms with Crippen molar-refractivity contribution in [1.82, 2.24) is 0 Å². The van der Waals surface area contributed by atoms with Crippen molar-refractivity contribution in [3.05, 3.63) is 46.4 Å². The number of fused-ring (bicyclic) bond motifs is 3. The minimum absolute atomic E-state index is 0.373. The maximum absolute atomic E-state index is 13.3. The van der Waals surface area contributed by atoms with Crippen LogP contribution in [0.4, 0.5) is 8.78 Å². The van der Waals surface area contributed by atoms with E-state index in [9.17, 15) is 8.78 Å². The van der Waals surface area contributed by atoms with Crippen LogP contribution in [0.1, 0.15) is 5.56 Å². The van der Waals surface area contributed by atoms with Gasteiger partial charge in [-0.25, -0.2) is 5.26 Å². The zero-order valence-electron chi connectivity index (χ0n) is 9.36. The van der Waals surface area contributed by atoms with Gasteiger partial charge in [-0.1, -0.05) is 15.9 Å². The lowest BCUT2D eigenvalue weighted by Crippen LogP contribution is -2.15. The maximum atomic E-state index is 13.3.